The minimum absolute atomic E-state index is 0.281. The zero-order chi connectivity index (χ0) is 16.4. The van der Waals surface area contributed by atoms with Crippen LogP contribution in [-0.4, -0.2) is 36.6 Å². The lowest BCUT2D eigenvalue weighted by Crippen LogP contribution is -2.77. The van der Waals surface area contributed by atoms with Crippen LogP contribution in [0.3, 0.4) is 0 Å². The maximum Gasteiger partial charge on any atom is 0.236 e. The number of carbonyl (C=O) groups is 1. The van der Waals surface area contributed by atoms with Gasteiger partial charge in [0.15, 0.2) is 0 Å². The second kappa shape index (κ2) is 4.82. The van der Waals surface area contributed by atoms with Gasteiger partial charge in [-0.15, -0.1) is 0 Å². The fourth-order valence-electron chi connectivity index (χ4n) is 5.84. The summed E-state index contributed by atoms with van der Waals surface area (Å²) >= 11 is 0. The number of hydrogen-bond donors (Lipinski definition) is 0. The first-order valence-corrected chi connectivity index (χ1v) is 9.05. The van der Waals surface area contributed by atoms with Crippen molar-refractivity contribution in [3.63, 3.8) is 0 Å². The van der Waals surface area contributed by atoms with Gasteiger partial charge in [-0.3, -0.25) is 4.79 Å². The van der Waals surface area contributed by atoms with Gasteiger partial charge >= 0.3 is 0 Å². The molecule has 4 unspecified atom stereocenters. The number of nitrogens with zero attached hydrogens (tertiary/aromatic N) is 1. The fraction of sp³-hybridized carbons (Fsp3) is 0.476. The zero-order valence-electron chi connectivity index (χ0n) is 14.1. The van der Waals surface area contributed by atoms with Crippen molar-refractivity contribution >= 4 is 12.0 Å². The van der Waals surface area contributed by atoms with Crippen molar-refractivity contribution in [2.75, 3.05) is 20.2 Å². The Morgan fingerprint density at radius 1 is 1.25 bits per heavy atom. The fourth-order valence-corrected chi connectivity index (χ4v) is 5.84. The number of carbonyl (C=O) groups excluding carboxylic acids is 1. The third-order valence-electron chi connectivity index (χ3n) is 6.80. The molecule has 1 amide bonds. The van der Waals surface area contributed by atoms with Crippen molar-refractivity contribution < 1.29 is 9.53 Å². The number of rotatable bonds is 2. The van der Waals surface area contributed by atoms with Crippen molar-refractivity contribution in [3.05, 3.63) is 53.6 Å². The average molecular weight is 321 g/mol. The van der Waals surface area contributed by atoms with Crippen LogP contribution in [0.5, 0.6) is 0 Å². The Balaban J connectivity index is 1.75. The van der Waals surface area contributed by atoms with Crippen LogP contribution in [0.2, 0.25) is 0 Å². The molecule has 2 fully saturated rings. The molecule has 4 atom stereocenters. The van der Waals surface area contributed by atoms with Crippen molar-refractivity contribution in [1.82, 2.24) is 4.90 Å². The Kier molecular flexibility index (Phi) is 2.91. The number of methoxy groups -OCH3 is 1. The molecule has 3 aliphatic carbocycles. The Morgan fingerprint density at radius 2 is 2.04 bits per heavy atom. The summed E-state index contributed by atoms with van der Waals surface area (Å²) in [6.07, 6.45) is 12.0. The lowest BCUT2D eigenvalue weighted by molar-refractivity contribution is -0.199. The highest BCUT2D eigenvalue weighted by atomic mass is 16.5. The number of likely N-dealkylation sites (tertiary alicyclic amines) is 1. The monoisotopic (exact) mass is 321 g/mol. The quantitative estimate of drug-likeness (QED) is 0.783. The first-order chi connectivity index (χ1) is 11.8. The van der Waals surface area contributed by atoms with Gasteiger partial charge in [-0.1, -0.05) is 48.6 Å². The summed E-state index contributed by atoms with van der Waals surface area (Å²) in [5, 5.41) is 0. The van der Waals surface area contributed by atoms with E-state index in [-0.39, 0.29) is 5.91 Å². The summed E-state index contributed by atoms with van der Waals surface area (Å²) in [5.74, 6) is 0.902. The van der Waals surface area contributed by atoms with Gasteiger partial charge in [-0.25, -0.2) is 0 Å². The molecule has 4 aliphatic rings. The highest BCUT2D eigenvalue weighted by Gasteiger charge is 2.77. The number of allylic oxidation sites excluding steroid dienone is 1. The Hall–Kier alpha value is -1.87. The molecule has 1 aromatic carbocycles. The maximum atomic E-state index is 13.8. The van der Waals surface area contributed by atoms with Gasteiger partial charge in [0.25, 0.3) is 0 Å². The molecule has 3 heteroatoms. The lowest BCUT2D eigenvalue weighted by Gasteiger charge is -2.66. The van der Waals surface area contributed by atoms with Crippen LogP contribution in [0.4, 0.5) is 0 Å². The maximum absolute atomic E-state index is 13.8. The third-order valence-corrected chi connectivity index (χ3v) is 6.80. The summed E-state index contributed by atoms with van der Waals surface area (Å²) in [5.41, 5.74) is 1.24. The number of amides is 1. The Morgan fingerprint density at radius 3 is 2.83 bits per heavy atom. The Labute approximate surface area is 143 Å². The first kappa shape index (κ1) is 14.5. The van der Waals surface area contributed by atoms with Crippen molar-refractivity contribution in [3.8, 4) is 0 Å². The molecular weight excluding hydrogens is 298 g/mol. The first-order valence-electron chi connectivity index (χ1n) is 9.05. The van der Waals surface area contributed by atoms with E-state index >= 15 is 0 Å². The minimum Gasteiger partial charge on any atom is -0.372 e. The van der Waals surface area contributed by atoms with Crippen molar-refractivity contribution in [2.24, 2.45) is 11.8 Å². The standard InChI is InChI=1S/C21H23NO2/c1-24-20-12-11-15-7-2-3-8-16(15)21(20,18-10-6-9-17(18)20)19(23)22-13-4-5-14-22/h2-3,6-9,11-12,17-18H,4-5,10,13-14H2,1H3. The van der Waals surface area contributed by atoms with Gasteiger partial charge in [0.2, 0.25) is 5.91 Å². The van der Waals surface area contributed by atoms with E-state index in [0.717, 1.165) is 37.9 Å². The largest absolute Gasteiger partial charge is 0.372 e. The molecule has 1 saturated carbocycles. The normalized spacial score (nSPS) is 38.5. The van der Waals surface area contributed by atoms with Crippen LogP contribution in [-0.2, 0) is 14.9 Å². The molecule has 1 heterocycles. The summed E-state index contributed by atoms with van der Waals surface area (Å²) in [6.45, 7) is 1.77. The van der Waals surface area contributed by atoms with Crippen LogP contribution in [0, 0.1) is 11.8 Å². The van der Waals surface area contributed by atoms with Gasteiger partial charge in [0.1, 0.15) is 11.0 Å². The summed E-state index contributed by atoms with van der Waals surface area (Å²) in [6, 6.07) is 8.39. The molecule has 24 heavy (non-hydrogen) atoms. The number of hydrogen-bond acceptors (Lipinski definition) is 2. The Bertz CT molecular complexity index is 761. The molecule has 1 aliphatic heterocycles. The molecule has 0 aromatic heterocycles. The average Bonchev–Trinajstić information content (AvgIpc) is 3.28. The van der Waals surface area contributed by atoms with E-state index in [9.17, 15) is 4.79 Å². The minimum atomic E-state index is -0.564. The second-order valence-corrected chi connectivity index (χ2v) is 7.52. The number of fused-ring (bicyclic) bond motifs is 6. The highest BCUT2D eigenvalue weighted by molar-refractivity contribution is 5.96. The van der Waals surface area contributed by atoms with E-state index < -0.39 is 11.0 Å². The van der Waals surface area contributed by atoms with E-state index in [2.05, 4.69) is 53.5 Å². The molecule has 0 N–H and O–H groups in total. The molecule has 0 radical (unpaired) electrons. The predicted octanol–water partition coefficient (Wildman–Crippen LogP) is 3.16. The van der Waals surface area contributed by atoms with E-state index in [0.29, 0.717) is 11.8 Å². The van der Waals surface area contributed by atoms with Crippen LogP contribution in [0.25, 0.3) is 6.08 Å². The second-order valence-electron chi connectivity index (χ2n) is 7.52. The van der Waals surface area contributed by atoms with Gasteiger partial charge in [-0.05, 0) is 36.3 Å². The smallest absolute Gasteiger partial charge is 0.236 e. The van der Waals surface area contributed by atoms with E-state index in [4.69, 9.17) is 4.74 Å². The molecule has 0 spiro atoms. The van der Waals surface area contributed by atoms with Crippen LogP contribution >= 0.6 is 0 Å². The van der Waals surface area contributed by atoms with Gasteiger partial charge in [-0.2, -0.15) is 0 Å². The molecule has 3 nitrogen and oxygen atoms in total. The summed E-state index contributed by atoms with van der Waals surface area (Å²) in [7, 11) is 1.77. The molecule has 124 valence electrons. The summed E-state index contributed by atoms with van der Waals surface area (Å²) < 4.78 is 6.15. The van der Waals surface area contributed by atoms with E-state index in [1.165, 1.54) is 5.56 Å². The van der Waals surface area contributed by atoms with Crippen molar-refractivity contribution in [1.29, 1.82) is 0 Å². The molecule has 0 bridgehead atoms. The van der Waals surface area contributed by atoms with Crippen molar-refractivity contribution in [2.45, 2.75) is 30.3 Å². The van der Waals surface area contributed by atoms with Crippen LogP contribution in [0.1, 0.15) is 30.4 Å². The lowest BCUT2D eigenvalue weighted by atomic mass is 9.40. The summed E-state index contributed by atoms with van der Waals surface area (Å²) in [4.78, 5) is 15.9. The highest BCUT2D eigenvalue weighted by Crippen LogP contribution is 2.68. The van der Waals surface area contributed by atoms with Gasteiger partial charge < -0.3 is 9.64 Å². The van der Waals surface area contributed by atoms with Gasteiger partial charge in [0, 0.05) is 26.1 Å². The van der Waals surface area contributed by atoms with E-state index in [1.54, 1.807) is 7.11 Å². The van der Waals surface area contributed by atoms with E-state index in [1.807, 2.05) is 0 Å². The van der Waals surface area contributed by atoms with Crippen LogP contribution < -0.4 is 0 Å². The predicted molar refractivity (Wildman–Crippen MR) is 93.4 cm³/mol. The molecule has 5 rings (SSSR count). The molecule has 1 aromatic rings. The topological polar surface area (TPSA) is 29.5 Å². The molecule has 1 saturated heterocycles. The SMILES string of the molecule is COC12C=Cc3ccccc3C1(C(=O)N1CCCC1)C1CC=CC12. The third kappa shape index (κ3) is 1.42. The number of ether oxygens (including phenoxy) is 1. The number of benzene rings is 1. The van der Waals surface area contributed by atoms with Crippen LogP contribution in [0.15, 0.2) is 42.5 Å². The van der Waals surface area contributed by atoms with Gasteiger partial charge in [0.05, 0.1) is 0 Å². The molecular formula is C21H23NO2. The zero-order valence-corrected chi connectivity index (χ0v) is 14.1.